The number of benzene rings is 4. The van der Waals surface area contributed by atoms with Crippen molar-refractivity contribution < 1.29 is 14.3 Å². The summed E-state index contributed by atoms with van der Waals surface area (Å²) in [4.78, 5) is 29.5. The minimum Gasteiger partial charge on any atom is -0.497 e. The van der Waals surface area contributed by atoms with Crippen LogP contribution >= 0.6 is 0 Å². The third kappa shape index (κ3) is 2.39. The molecule has 1 aliphatic carbocycles. The van der Waals surface area contributed by atoms with Gasteiger partial charge < -0.3 is 15.0 Å². The second-order valence-electron chi connectivity index (χ2n) is 8.16. The van der Waals surface area contributed by atoms with Crippen molar-refractivity contribution in [2.45, 2.75) is 12.2 Å². The number of Topliss-reactive ketones (excluding diaryl/α,β-unsaturated/α-hetero) is 1. The number of anilines is 1. The van der Waals surface area contributed by atoms with Crippen LogP contribution in [0.5, 0.6) is 5.75 Å². The lowest BCUT2D eigenvalue weighted by atomic mass is 9.91. The van der Waals surface area contributed by atoms with Gasteiger partial charge in [-0.2, -0.15) is 0 Å². The average Bonchev–Trinajstić information content (AvgIpc) is 3.07. The van der Waals surface area contributed by atoms with E-state index in [2.05, 4.69) is 5.32 Å². The molecule has 2 aliphatic rings. The Morgan fingerprint density at radius 2 is 1.56 bits per heavy atom. The summed E-state index contributed by atoms with van der Waals surface area (Å²) in [7, 11) is 1.62. The molecule has 1 aliphatic heterocycles. The van der Waals surface area contributed by atoms with Crippen LogP contribution in [0, 0.1) is 0 Å². The summed E-state index contributed by atoms with van der Waals surface area (Å²) in [5.41, 5.74) is 2.29. The van der Waals surface area contributed by atoms with Gasteiger partial charge in [-0.1, -0.05) is 60.7 Å². The van der Waals surface area contributed by atoms with Gasteiger partial charge in [0.25, 0.3) is 5.91 Å². The molecule has 0 bridgehead atoms. The van der Waals surface area contributed by atoms with Gasteiger partial charge in [0, 0.05) is 28.7 Å². The molecule has 4 aromatic rings. The highest BCUT2D eigenvalue weighted by Crippen LogP contribution is 2.48. The number of hydrogen-bond donors (Lipinski definition) is 1. The van der Waals surface area contributed by atoms with Gasteiger partial charge in [-0.25, -0.2) is 0 Å². The van der Waals surface area contributed by atoms with E-state index in [1.807, 2.05) is 78.9 Å². The highest BCUT2D eigenvalue weighted by atomic mass is 16.5. The molecule has 0 saturated carbocycles. The molecule has 0 fully saturated rings. The number of ether oxygens (including phenoxy) is 1. The fourth-order valence-corrected chi connectivity index (χ4v) is 4.98. The predicted octanol–water partition coefficient (Wildman–Crippen LogP) is 4.97. The van der Waals surface area contributed by atoms with Crippen LogP contribution in [0.4, 0.5) is 5.69 Å². The van der Waals surface area contributed by atoms with E-state index in [1.165, 1.54) is 0 Å². The van der Waals surface area contributed by atoms with Crippen LogP contribution in [0.3, 0.4) is 0 Å². The van der Waals surface area contributed by atoms with Crippen LogP contribution in [0.1, 0.15) is 31.8 Å². The minimum atomic E-state index is -1.30. The summed E-state index contributed by atoms with van der Waals surface area (Å²) in [5.74, 6) is 0.458. The fourth-order valence-electron chi connectivity index (χ4n) is 4.98. The maximum atomic E-state index is 14.0. The van der Waals surface area contributed by atoms with E-state index in [4.69, 9.17) is 4.74 Å². The highest BCUT2D eigenvalue weighted by molar-refractivity contribution is 6.23. The predicted molar refractivity (Wildman–Crippen MR) is 123 cm³/mol. The summed E-state index contributed by atoms with van der Waals surface area (Å²) in [6.07, 6.45) is 0. The number of amides is 1. The van der Waals surface area contributed by atoms with Gasteiger partial charge in [0.2, 0.25) is 11.4 Å². The van der Waals surface area contributed by atoms with E-state index in [1.54, 1.807) is 18.1 Å². The van der Waals surface area contributed by atoms with Gasteiger partial charge in [-0.15, -0.1) is 0 Å². The summed E-state index contributed by atoms with van der Waals surface area (Å²) < 4.78 is 5.27. The van der Waals surface area contributed by atoms with Crippen LogP contribution in [-0.4, -0.2) is 23.7 Å². The number of methoxy groups -OCH3 is 1. The molecule has 1 N–H and O–H groups in total. The van der Waals surface area contributed by atoms with E-state index in [9.17, 15) is 9.59 Å². The lowest BCUT2D eigenvalue weighted by Gasteiger charge is -2.45. The molecule has 0 radical (unpaired) electrons. The molecule has 5 nitrogen and oxygen atoms in total. The molecule has 156 valence electrons. The number of carbonyl (C=O) groups is 2. The Hall–Kier alpha value is -4.12. The van der Waals surface area contributed by atoms with E-state index in [0.29, 0.717) is 16.8 Å². The SMILES string of the molecule is COc1ccc(CN2C(=O)c3ccccc3NC23C(=O)c2cccc4cccc3c24)cc1. The van der Waals surface area contributed by atoms with Crippen LogP contribution < -0.4 is 10.1 Å². The quantitative estimate of drug-likeness (QED) is 0.509. The smallest absolute Gasteiger partial charge is 0.258 e. The number of rotatable bonds is 3. The molecule has 1 spiro atoms. The van der Waals surface area contributed by atoms with Crippen LogP contribution in [0.15, 0.2) is 84.9 Å². The third-order valence-corrected chi connectivity index (χ3v) is 6.49. The number of para-hydroxylation sites is 1. The number of carbonyl (C=O) groups excluding carboxylic acids is 2. The van der Waals surface area contributed by atoms with E-state index in [0.717, 1.165) is 27.6 Å². The standard InChI is InChI=1S/C27H20N2O3/c1-32-19-14-12-17(13-15-19)16-29-26(31)20-8-2-3-11-23(20)28-27(29)22-10-5-7-18-6-4-9-21(24(18)22)25(27)30/h2-15,28H,16H2,1H3. The first kappa shape index (κ1) is 18.6. The second-order valence-corrected chi connectivity index (χ2v) is 8.16. The van der Waals surface area contributed by atoms with Crippen molar-refractivity contribution in [3.8, 4) is 5.75 Å². The molecule has 4 aromatic carbocycles. The first-order valence-corrected chi connectivity index (χ1v) is 10.5. The fraction of sp³-hybridized carbons (Fsp3) is 0.111. The third-order valence-electron chi connectivity index (χ3n) is 6.49. The van der Waals surface area contributed by atoms with Gasteiger partial charge >= 0.3 is 0 Å². The van der Waals surface area contributed by atoms with Crippen LogP contribution in [0.2, 0.25) is 0 Å². The van der Waals surface area contributed by atoms with Crippen molar-refractivity contribution in [3.05, 3.63) is 107 Å². The van der Waals surface area contributed by atoms with Crippen molar-refractivity contribution in [2.24, 2.45) is 0 Å². The van der Waals surface area contributed by atoms with Crippen molar-refractivity contribution >= 4 is 28.2 Å². The number of ketones is 1. The molecule has 0 saturated heterocycles. The van der Waals surface area contributed by atoms with Crippen LogP contribution in [-0.2, 0) is 12.2 Å². The topological polar surface area (TPSA) is 58.6 Å². The summed E-state index contributed by atoms with van der Waals surface area (Å²) in [6.45, 7) is 0.278. The zero-order valence-electron chi connectivity index (χ0n) is 17.5. The zero-order chi connectivity index (χ0) is 21.9. The molecular weight excluding hydrogens is 400 g/mol. The molecule has 32 heavy (non-hydrogen) atoms. The Labute approximate surface area is 185 Å². The summed E-state index contributed by atoms with van der Waals surface area (Å²) in [6, 6.07) is 26.6. The maximum Gasteiger partial charge on any atom is 0.258 e. The molecule has 1 heterocycles. The summed E-state index contributed by atoms with van der Waals surface area (Å²) >= 11 is 0. The van der Waals surface area contributed by atoms with E-state index >= 15 is 0 Å². The molecule has 5 heteroatoms. The Balaban J connectivity index is 1.58. The van der Waals surface area contributed by atoms with Gasteiger partial charge in [0.1, 0.15) is 5.75 Å². The molecule has 6 rings (SSSR count). The Morgan fingerprint density at radius 3 is 2.34 bits per heavy atom. The molecule has 1 amide bonds. The molecule has 0 aromatic heterocycles. The molecular formula is C27H20N2O3. The monoisotopic (exact) mass is 420 g/mol. The first-order chi connectivity index (χ1) is 15.6. The van der Waals surface area contributed by atoms with Crippen molar-refractivity contribution in [2.75, 3.05) is 12.4 Å². The average molecular weight is 420 g/mol. The first-order valence-electron chi connectivity index (χ1n) is 10.5. The number of nitrogens with one attached hydrogen (secondary N) is 1. The van der Waals surface area contributed by atoms with Crippen LogP contribution in [0.25, 0.3) is 10.8 Å². The number of fused-ring (bicyclic) bond motifs is 2. The van der Waals surface area contributed by atoms with Gasteiger partial charge in [-0.05, 0) is 35.2 Å². The van der Waals surface area contributed by atoms with Crippen molar-refractivity contribution in [3.63, 3.8) is 0 Å². The number of nitrogens with zero attached hydrogens (tertiary/aromatic N) is 1. The minimum absolute atomic E-state index is 0.110. The Kier molecular flexibility index (Phi) is 3.89. The molecule has 1 unspecified atom stereocenters. The zero-order valence-corrected chi connectivity index (χ0v) is 17.5. The number of hydrogen-bond acceptors (Lipinski definition) is 4. The lowest BCUT2D eigenvalue weighted by Crippen LogP contribution is -2.60. The van der Waals surface area contributed by atoms with E-state index in [-0.39, 0.29) is 18.2 Å². The van der Waals surface area contributed by atoms with Gasteiger partial charge in [0.05, 0.1) is 12.7 Å². The lowest BCUT2D eigenvalue weighted by molar-refractivity contribution is 0.0423. The largest absolute Gasteiger partial charge is 0.497 e. The highest BCUT2D eigenvalue weighted by Gasteiger charge is 2.56. The Morgan fingerprint density at radius 1 is 0.844 bits per heavy atom. The normalized spacial score (nSPS) is 18.7. The Bertz CT molecular complexity index is 1410. The van der Waals surface area contributed by atoms with Crippen molar-refractivity contribution in [1.29, 1.82) is 0 Å². The molecule has 1 atom stereocenters. The van der Waals surface area contributed by atoms with Gasteiger partial charge in [0.15, 0.2) is 0 Å². The maximum absolute atomic E-state index is 14.0. The van der Waals surface area contributed by atoms with E-state index < -0.39 is 5.66 Å². The van der Waals surface area contributed by atoms with Crippen molar-refractivity contribution in [1.82, 2.24) is 4.90 Å². The second kappa shape index (κ2) is 6.69. The van der Waals surface area contributed by atoms with Gasteiger partial charge in [-0.3, -0.25) is 9.59 Å². The summed E-state index contributed by atoms with van der Waals surface area (Å²) in [5, 5.41) is 5.37.